The van der Waals surface area contributed by atoms with Gasteiger partial charge in [0.1, 0.15) is 5.52 Å². The van der Waals surface area contributed by atoms with Crippen molar-refractivity contribution in [2.45, 2.75) is 37.1 Å². The number of benzene rings is 1. The van der Waals surface area contributed by atoms with Crippen LogP contribution in [0.25, 0.3) is 11.0 Å². The van der Waals surface area contributed by atoms with Crippen LogP contribution in [0.3, 0.4) is 0 Å². The molecule has 84 valence electrons. The number of hydrogen-bond donors (Lipinski definition) is 0. The van der Waals surface area contributed by atoms with Crippen molar-refractivity contribution in [2.24, 2.45) is 0 Å². The average Bonchev–Trinajstić information content (AvgIpc) is 2.74. The lowest BCUT2D eigenvalue weighted by Gasteiger charge is -2.27. The molecule has 0 spiro atoms. The zero-order valence-corrected chi connectivity index (χ0v) is 9.77. The van der Waals surface area contributed by atoms with E-state index in [2.05, 4.69) is 16.4 Å². The molecule has 0 radical (unpaired) electrons. The SMILES string of the molecule is Cl[C@@H]1CCCC[C@H]1n1nnc2ccccc21. The molecule has 1 saturated carbocycles. The molecule has 0 unspecified atom stereocenters. The molecule has 0 N–H and O–H groups in total. The van der Waals surface area contributed by atoms with Gasteiger partial charge in [-0.1, -0.05) is 30.2 Å². The third-order valence-corrected chi connectivity index (χ3v) is 3.85. The molecule has 1 heterocycles. The van der Waals surface area contributed by atoms with Gasteiger partial charge in [0.05, 0.1) is 16.9 Å². The smallest absolute Gasteiger partial charge is 0.113 e. The summed E-state index contributed by atoms with van der Waals surface area (Å²) < 4.78 is 2.01. The van der Waals surface area contributed by atoms with Crippen molar-refractivity contribution in [2.75, 3.05) is 0 Å². The third-order valence-electron chi connectivity index (χ3n) is 3.34. The van der Waals surface area contributed by atoms with E-state index in [0.717, 1.165) is 23.9 Å². The van der Waals surface area contributed by atoms with E-state index in [0.29, 0.717) is 6.04 Å². The highest BCUT2D eigenvalue weighted by Crippen LogP contribution is 2.33. The molecular weight excluding hydrogens is 222 g/mol. The van der Waals surface area contributed by atoms with Crippen molar-refractivity contribution in [3.05, 3.63) is 24.3 Å². The Hall–Kier alpha value is -1.09. The fourth-order valence-electron chi connectivity index (χ4n) is 2.47. The van der Waals surface area contributed by atoms with Gasteiger partial charge < -0.3 is 0 Å². The second-order valence-electron chi connectivity index (χ2n) is 4.39. The third kappa shape index (κ3) is 1.59. The van der Waals surface area contributed by atoms with Crippen LogP contribution >= 0.6 is 11.6 Å². The quantitative estimate of drug-likeness (QED) is 0.711. The van der Waals surface area contributed by atoms with E-state index in [9.17, 15) is 0 Å². The van der Waals surface area contributed by atoms with E-state index in [1.807, 2.05) is 22.9 Å². The molecule has 3 nitrogen and oxygen atoms in total. The molecule has 16 heavy (non-hydrogen) atoms. The zero-order chi connectivity index (χ0) is 11.0. The molecule has 2 atom stereocenters. The van der Waals surface area contributed by atoms with Crippen LogP contribution in [0, 0.1) is 0 Å². The molecule has 4 heteroatoms. The van der Waals surface area contributed by atoms with Gasteiger partial charge in [0, 0.05) is 0 Å². The summed E-state index contributed by atoms with van der Waals surface area (Å²) in [6, 6.07) is 8.37. The van der Waals surface area contributed by atoms with Gasteiger partial charge in [-0.05, 0) is 25.0 Å². The van der Waals surface area contributed by atoms with E-state index in [1.54, 1.807) is 0 Å². The summed E-state index contributed by atoms with van der Waals surface area (Å²) >= 11 is 6.39. The minimum Gasteiger partial charge on any atom is -0.240 e. The summed E-state index contributed by atoms with van der Waals surface area (Å²) in [4.78, 5) is 0. The summed E-state index contributed by atoms with van der Waals surface area (Å²) in [5.74, 6) is 0. The van der Waals surface area contributed by atoms with Crippen LogP contribution in [0.2, 0.25) is 0 Å². The van der Waals surface area contributed by atoms with E-state index in [4.69, 9.17) is 11.6 Å². The highest BCUT2D eigenvalue weighted by molar-refractivity contribution is 6.21. The van der Waals surface area contributed by atoms with Gasteiger partial charge in [0.15, 0.2) is 0 Å². The van der Waals surface area contributed by atoms with Crippen LogP contribution in [-0.2, 0) is 0 Å². The first kappa shape index (κ1) is 10.1. The topological polar surface area (TPSA) is 30.7 Å². The Morgan fingerprint density at radius 2 is 2.00 bits per heavy atom. The van der Waals surface area contributed by atoms with E-state index in [1.165, 1.54) is 12.8 Å². The second kappa shape index (κ2) is 4.06. The average molecular weight is 236 g/mol. The van der Waals surface area contributed by atoms with Crippen molar-refractivity contribution in [1.29, 1.82) is 0 Å². The van der Waals surface area contributed by atoms with Crippen molar-refractivity contribution >= 4 is 22.6 Å². The Kier molecular flexibility index (Phi) is 2.56. The number of aromatic nitrogens is 3. The van der Waals surface area contributed by atoms with Crippen LogP contribution in [0.15, 0.2) is 24.3 Å². The summed E-state index contributed by atoms with van der Waals surface area (Å²) in [6.45, 7) is 0. The monoisotopic (exact) mass is 235 g/mol. The van der Waals surface area contributed by atoms with Gasteiger partial charge in [0.2, 0.25) is 0 Å². The Bertz CT molecular complexity index is 494. The summed E-state index contributed by atoms with van der Waals surface area (Å²) in [5.41, 5.74) is 2.05. The van der Waals surface area contributed by atoms with Gasteiger partial charge in [0.25, 0.3) is 0 Å². The molecule has 0 aliphatic heterocycles. The normalized spacial score (nSPS) is 26.1. The van der Waals surface area contributed by atoms with E-state index < -0.39 is 0 Å². The first-order chi connectivity index (χ1) is 7.86. The molecule has 1 aromatic carbocycles. The van der Waals surface area contributed by atoms with Gasteiger partial charge in [-0.2, -0.15) is 0 Å². The van der Waals surface area contributed by atoms with Crippen molar-refractivity contribution < 1.29 is 0 Å². The Morgan fingerprint density at radius 1 is 1.19 bits per heavy atom. The van der Waals surface area contributed by atoms with Gasteiger partial charge in [-0.3, -0.25) is 0 Å². The maximum absolute atomic E-state index is 6.39. The maximum atomic E-state index is 6.39. The molecular formula is C12H14ClN3. The molecule has 2 aromatic rings. The first-order valence-electron chi connectivity index (χ1n) is 5.80. The second-order valence-corrected chi connectivity index (χ2v) is 4.95. The molecule has 1 aliphatic carbocycles. The number of halogens is 1. The molecule has 1 aromatic heterocycles. The van der Waals surface area contributed by atoms with Gasteiger partial charge in [-0.15, -0.1) is 16.7 Å². The predicted molar refractivity (Wildman–Crippen MR) is 64.7 cm³/mol. The minimum absolute atomic E-state index is 0.193. The fraction of sp³-hybridized carbons (Fsp3) is 0.500. The van der Waals surface area contributed by atoms with Crippen LogP contribution in [0.4, 0.5) is 0 Å². The predicted octanol–water partition coefficient (Wildman–Crippen LogP) is 3.15. The summed E-state index contributed by atoms with van der Waals surface area (Å²) in [5, 5.41) is 8.63. The lowest BCUT2D eigenvalue weighted by Crippen LogP contribution is -2.24. The van der Waals surface area contributed by atoms with E-state index >= 15 is 0 Å². The van der Waals surface area contributed by atoms with Crippen molar-refractivity contribution in [3.8, 4) is 0 Å². The number of rotatable bonds is 1. The summed E-state index contributed by atoms with van der Waals surface area (Å²) in [7, 11) is 0. The highest BCUT2D eigenvalue weighted by atomic mass is 35.5. The molecule has 1 aliphatic rings. The van der Waals surface area contributed by atoms with Gasteiger partial charge in [-0.25, -0.2) is 4.68 Å². The molecule has 3 rings (SSSR count). The lowest BCUT2D eigenvalue weighted by molar-refractivity contribution is 0.338. The molecule has 0 bridgehead atoms. The lowest BCUT2D eigenvalue weighted by atomic mass is 9.95. The van der Waals surface area contributed by atoms with Crippen molar-refractivity contribution in [3.63, 3.8) is 0 Å². The molecule has 1 fully saturated rings. The molecule has 0 amide bonds. The largest absolute Gasteiger partial charge is 0.240 e. The highest BCUT2D eigenvalue weighted by Gasteiger charge is 2.26. The number of hydrogen-bond acceptors (Lipinski definition) is 2. The van der Waals surface area contributed by atoms with Crippen LogP contribution in [-0.4, -0.2) is 20.4 Å². The molecule has 0 saturated heterocycles. The number of fused-ring (bicyclic) bond motifs is 1. The zero-order valence-electron chi connectivity index (χ0n) is 9.01. The van der Waals surface area contributed by atoms with Crippen LogP contribution < -0.4 is 0 Å². The van der Waals surface area contributed by atoms with Gasteiger partial charge >= 0.3 is 0 Å². The number of alkyl halides is 1. The van der Waals surface area contributed by atoms with E-state index in [-0.39, 0.29) is 5.38 Å². The number of nitrogens with zero attached hydrogens (tertiary/aromatic N) is 3. The minimum atomic E-state index is 0.193. The fourth-order valence-corrected chi connectivity index (χ4v) is 2.86. The first-order valence-corrected chi connectivity index (χ1v) is 6.24. The standard InChI is InChI=1S/C12H14ClN3/c13-9-5-1-3-7-11(9)16-12-8-4-2-6-10(12)14-15-16/h2,4,6,8-9,11H,1,3,5,7H2/t9-,11-/m1/s1. The van der Waals surface area contributed by atoms with Crippen molar-refractivity contribution in [1.82, 2.24) is 15.0 Å². The Balaban J connectivity index is 2.04. The van der Waals surface area contributed by atoms with Crippen LogP contribution in [0.1, 0.15) is 31.7 Å². The Morgan fingerprint density at radius 3 is 2.88 bits per heavy atom. The Labute approximate surface area is 99.4 Å². The maximum Gasteiger partial charge on any atom is 0.113 e. The summed E-state index contributed by atoms with van der Waals surface area (Å²) in [6.07, 6.45) is 4.67. The number of para-hydroxylation sites is 1. The van der Waals surface area contributed by atoms with Crippen LogP contribution in [0.5, 0.6) is 0 Å².